The molecule has 2 aliphatic rings. The zero-order chi connectivity index (χ0) is 21.0. The molecule has 2 aromatic rings. The van der Waals surface area contributed by atoms with E-state index in [1.807, 2.05) is 0 Å². The van der Waals surface area contributed by atoms with Gasteiger partial charge in [-0.05, 0) is 42.7 Å². The van der Waals surface area contributed by atoms with Gasteiger partial charge in [0.2, 0.25) is 5.91 Å². The van der Waals surface area contributed by atoms with Crippen molar-refractivity contribution in [3.05, 3.63) is 60.2 Å². The van der Waals surface area contributed by atoms with Crippen LogP contribution >= 0.6 is 0 Å². The molecule has 30 heavy (non-hydrogen) atoms. The number of pyridine rings is 1. The number of halogens is 1. The Labute approximate surface area is 174 Å². The number of anilines is 1. The van der Waals surface area contributed by atoms with Crippen molar-refractivity contribution in [3.63, 3.8) is 0 Å². The van der Waals surface area contributed by atoms with Crippen molar-refractivity contribution in [2.24, 2.45) is 11.3 Å². The summed E-state index contributed by atoms with van der Waals surface area (Å²) in [6.45, 7) is 2.22. The second kappa shape index (κ2) is 8.79. The molecule has 0 bridgehead atoms. The van der Waals surface area contributed by atoms with Crippen LogP contribution in [-0.4, -0.2) is 48.1 Å². The molecule has 1 unspecified atom stereocenters. The minimum Gasteiger partial charge on any atom is -0.381 e. The van der Waals surface area contributed by atoms with Crippen LogP contribution in [0.1, 0.15) is 18.4 Å². The van der Waals surface area contributed by atoms with Gasteiger partial charge in [0.1, 0.15) is 5.82 Å². The van der Waals surface area contributed by atoms with Gasteiger partial charge in [0.15, 0.2) is 0 Å². The van der Waals surface area contributed by atoms with Crippen molar-refractivity contribution in [2.45, 2.75) is 19.4 Å². The summed E-state index contributed by atoms with van der Waals surface area (Å²) < 4.78 is 18.9. The smallest absolute Gasteiger partial charge is 0.317 e. The van der Waals surface area contributed by atoms with Gasteiger partial charge < -0.3 is 20.3 Å². The maximum Gasteiger partial charge on any atom is 0.317 e. The lowest BCUT2D eigenvalue weighted by Gasteiger charge is -2.37. The molecule has 4 rings (SSSR count). The van der Waals surface area contributed by atoms with E-state index in [1.54, 1.807) is 41.6 Å². The number of nitrogens with one attached hydrogen (secondary N) is 2. The Hall–Kier alpha value is -3.00. The van der Waals surface area contributed by atoms with E-state index in [0.29, 0.717) is 37.6 Å². The maximum absolute atomic E-state index is 13.4. The quantitative estimate of drug-likeness (QED) is 0.809. The molecule has 2 N–H and O–H groups in total. The van der Waals surface area contributed by atoms with Gasteiger partial charge in [-0.2, -0.15) is 0 Å². The zero-order valence-electron chi connectivity index (χ0n) is 16.6. The van der Waals surface area contributed by atoms with E-state index in [4.69, 9.17) is 4.74 Å². The summed E-state index contributed by atoms with van der Waals surface area (Å²) in [5.41, 5.74) is 1.02. The first kappa shape index (κ1) is 20.3. The topological polar surface area (TPSA) is 83.6 Å². The molecule has 1 atom stereocenters. The van der Waals surface area contributed by atoms with Crippen molar-refractivity contribution >= 4 is 17.6 Å². The number of nitrogens with zero attached hydrogens (tertiary/aromatic N) is 2. The highest BCUT2D eigenvalue weighted by Crippen LogP contribution is 2.44. The Morgan fingerprint density at radius 1 is 1.23 bits per heavy atom. The van der Waals surface area contributed by atoms with E-state index >= 15 is 0 Å². The molecule has 0 saturated carbocycles. The summed E-state index contributed by atoms with van der Waals surface area (Å²) in [6.07, 6.45) is 4.71. The van der Waals surface area contributed by atoms with Gasteiger partial charge in [0.25, 0.3) is 0 Å². The third kappa shape index (κ3) is 4.43. The first-order chi connectivity index (χ1) is 14.6. The lowest BCUT2D eigenvalue weighted by atomic mass is 9.71. The summed E-state index contributed by atoms with van der Waals surface area (Å²) >= 11 is 0. The number of carbonyl (C=O) groups excluding carboxylic acids is 2. The number of carbonyl (C=O) groups is 2. The molecule has 0 aliphatic carbocycles. The van der Waals surface area contributed by atoms with Crippen LogP contribution in [0.5, 0.6) is 0 Å². The van der Waals surface area contributed by atoms with Crippen molar-refractivity contribution in [2.75, 3.05) is 31.6 Å². The molecule has 2 aliphatic heterocycles. The van der Waals surface area contributed by atoms with Crippen LogP contribution in [0.15, 0.2) is 48.8 Å². The summed E-state index contributed by atoms with van der Waals surface area (Å²) in [5, 5.41) is 5.78. The number of benzene rings is 1. The summed E-state index contributed by atoms with van der Waals surface area (Å²) in [4.78, 5) is 31.6. The first-order valence-corrected chi connectivity index (χ1v) is 10.1. The Bertz CT molecular complexity index is 902. The molecule has 158 valence electrons. The highest BCUT2D eigenvalue weighted by Gasteiger charge is 2.51. The molecule has 2 saturated heterocycles. The predicted octanol–water partition coefficient (Wildman–Crippen LogP) is 2.80. The largest absolute Gasteiger partial charge is 0.381 e. The fraction of sp³-hybridized carbons (Fsp3) is 0.409. The molecular weight excluding hydrogens is 387 g/mol. The molecule has 3 amide bonds. The average Bonchev–Trinajstić information content (AvgIpc) is 3.12. The first-order valence-electron chi connectivity index (χ1n) is 10.1. The Morgan fingerprint density at radius 2 is 2.07 bits per heavy atom. The molecule has 1 aromatic carbocycles. The van der Waals surface area contributed by atoms with E-state index < -0.39 is 0 Å². The van der Waals surface area contributed by atoms with Crippen LogP contribution in [0.3, 0.4) is 0 Å². The van der Waals surface area contributed by atoms with Crippen LogP contribution in [0.2, 0.25) is 0 Å². The molecule has 2 fully saturated rings. The number of hydrogen-bond acceptors (Lipinski definition) is 4. The summed E-state index contributed by atoms with van der Waals surface area (Å²) in [5.74, 6) is -0.775. The van der Waals surface area contributed by atoms with Crippen LogP contribution in [-0.2, 0) is 16.1 Å². The van der Waals surface area contributed by atoms with E-state index in [2.05, 4.69) is 15.6 Å². The van der Waals surface area contributed by atoms with Crippen molar-refractivity contribution < 1.29 is 18.7 Å². The van der Waals surface area contributed by atoms with Crippen LogP contribution in [0.25, 0.3) is 0 Å². The van der Waals surface area contributed by atoms with Gasteiger partial charge in [-0.15, -0.1) is 0 Å². The van der Waals surface area contributed by atoms with Gasteiger partial charge in [0, 0.05) is 44.5 Å². The van der Waals surface area contributed by atoms with Crippen molar-refractivity contribution in [3.8, 4) is 0 Å². The lowest BCUT2D eigenvalue weighted by Crippen LogP contribution is -2.42. The normalized spacial score (nSPS) is 20.2. The molecule has 0 radical (unpaired) electrons. The highest BCUT2D eigenvalue weighted by atomic mass is 19.1. The Morgan fingerprint density at radius 3 is 2.80 bits per heavy atom. The minimum atomic E-state index is -0.337. The Balaban J connectivity index is 1.45. The fourth-order valence-electron chi connectivity index (χ4n) is 4.37. The van der Waals surface area contributed by atoms with Crippen LogP contribution in [0.4, 0.5) is 14.9 Å². The summed E-state index contributed by atoms with van der Waals surface area (Å²) in [6, 6.07) is 9.45. The predicted molar refractivity (Wildman–Crippen MR) is 109 cm³/mol. The number of likely N-dealkylation sites (tertiary alicyclic amines) is 1. The van der Waals surface area contributed by atoms with E-state index in [0.717, 1.165) is 12.8 Å². The van der Waals surface area contributed by atoms with Crippen molar-refractivity contribution in [1.29, 1.82) is 0 Å². The second-order valence-electron chi connectivity index (χ2n) is 7.93. The van der Waals surface area contributed by atoms with Crippen LogP contribution in [0, 0.1) is 17.2 Å². The number of ether oxygens (including phenoxy) is 1. The highest BCUT2D eigenvalue weighted by molar-refractivity contribution is 5.94. The maximum atomic E-state index is 13.4. The van der Waals surface area contributed by atoms with E-state index in [-0.39, 0.29) is 35.6 Å². The Kier molecular flexibility index (Phi) is 5.94. The average molecular weight is 412 g/mol. The van der Waals surface area contributed by atoms with Gasteiger partial charge in [-0.3, -0.25) is 9.78 Å². The molecule has 8 heteroatoms. The summed E-state index contributed by atoms with van der Waals surface area (Å²) in [7, 11) is 0. The van der Waals surface area contributed by atoms with Crippen LogP contribution < -0.4 is 10.6 Å². The second-order valence-corrected chi connectivity index (χ2v) is 7.93. The zero-order valence-corrected chi connectivity index (χ0v) is 16.6. The van der Waals surface area contributed by atoms with Crippen molar-refractivity contribution in [1.82, 2.24) is 15.2 Å². The third-order valence-electron chi connectivity index (χ3n) is 6.00. The van der Waals surface area contributed by atoms with Gasteiger partial charge in [-0.1, -0.05) is 12.1 Å². The van der Waals surface area contributed by atoms with Gasteiger partial charge >= 0.3 is 6.03 Å². The van der Waals surface area contributed by atoms with E-state index in [1.165, 1.54) is 12.1 Å². The molecule has 1 aromatic heterocycles. The molecule has 1 spiro atoms. The third-order valence-corrected chi connectivity index (χ3v) is 6.00. The number of amides is 3. The lowest BCUT2D eigenvalue weighted by molar-refractivity contribution is -0.124. The standard InChI is InChI=1S/C22H25FN4O3/c23-17-4-1-3-16(11-17)12-25-21(29)27-14-19(22(15-27)6-9-30-10-7-22)20(28)26-18-5-2-8-24-13-18/h1-5,8,11,13,19H,6-7,9-10,12,14-15H2,(H,25,29)(H,26,28). The fourth-order valence-corrected chi connectivity index (χ4v) is 4.37. The molecule has 3 heterocycles. The van der Waals surface area contributed by atoms with E-state index in [9.17, 15) is 14.0 Å². The number of hydrogen-bond donors (Lipinski definition) is 2. The molecular formula is C22H25FN4O3. The SMILES string of the molecule is O=C(Nc1cccnc1)C1CN(C(=O)NCc2cccc(F)c2)CC12CCOCC2. The van der Waals surface area contributed by atoms with Gasteiger partial charge in [0.05, 0.1) is 17.8 Å². The number of aromatic nitrogens is 1. The van der Waals surface area contributed by atoms with Gasteiger partial charge in [-0.25, -0.2) is 9.18 Å². The minimum absolute atomic E-state index is 0.106. The number of urea groups is 1. The monoisotopic (exact) mass is 412 g/mol. The molecule has 7 nitrogen and oxygen atoms in total. The number of rotatable bonds is 4.